The Morgan fingerprint density at radius 1 is 1.47 bits per heavy atom. The maximum atomic E-state index is 10.8. The fourth-order valence-corrected chi connectivity index (χ4v) is 1.54. The zero-order valence-electron chi connectivity index (χ0n) is 11.2. The first-order chi connectivity index (χ1) is 8.95. The van der Waals surface area contributed by atoms with Gasteiger partial charge in [-0.25, -0.2) is 9.48 Å². The number of ether oxygens (including phenoxy) is 2. The van der Waals surface area contributed by atoms with Crippen molar-refractivity contribution in [2.45, 2.75) is 32.6 Å². The minimum atomic E-state index is -1.14. The first kappa shape index (κ1) is 15.5. The molecule has 0 aromatic carbocycles. The van der Waals surface area contributed by atoms with Crippen LogP contribution < -0.4 is 0 Å². The van der Waals surface area contributed by atoms with Gasteiger partial charge in [0, 0.05) is 7.11 Å². The maximum Gasteiger partial charge on any atom is 0.358 e. The monoisotopic (exact) mass is 273 g/mol. The molecule has 0 amide bonds. The number of hydrogen-bond donors (Lipinski definition) is 2. The molecular weight excluding hydrogens is 254 g/mol. The summed E-state index contributed by atoms with van der Waals surface area (Å²) >= 11 is 0. The largest absolute Gasteiger partial charge is 0.476 e. The highest BCUT2D eigenvalue weighted by molar-refractivity contribution is 5.86. The van der Waals surface area contributed by atoms with Crippen LogP contribution in [0.25, 0.3) is 0 Å². The number of aromatic carboxylic acids is 1. The molecule has 19 heavy (non-hydrogen) atoms. The fourth-order valence-electron chi connectivity index (χ4n) is 1.54. The van der Waals surface area contributed by atoms with Gasteiger partial charge in [0.25, 0.3) is 0 Å². The highest BCUT2D eigenvalue weighted by Gasteiger charge is 2.17. The molecule has 1 heterocycles. The summed E-state index contributed by atoms with van der Waals surface area (Å²) in [5, 5.41) is 25.8. The standard InChI is InChI=1S/C11H19N3O5/c1-7(5-18-3)19-6-9(15)4-14-8(2)10(11(16)17)12-13-14/h7,9,15H,4-6H2,1-3H3,(H,16,17). The Labute approximate surface area is 110 Å². The van der Waals surface area contributed by atoms with Crippen molar-refractivity contribution in [3.05, 3.63) is 11.4 Å². The molecule has 2 N–H and O–H groups in total. The SMILES string of the molecule is COCC(C)OCC(O)Cn1nnc(C(=O)O)c1C. The van der Waals surface area contributed by atoms with Gasteiger partial charge in [0.2, 0.25) is 0 Å². The Morgan fingerprint density at radius 3 is 2.68 bits per heavy atom. The molecule has 8 heteroatoms. The lowest BCUT2D eigenvalue weighted by Gasteiger charge is -2.16. The van der Waals surface area contributed by atoms with E-state index < -0.39 is 12.1 Å². The Hall–Kier alpha value is -1.51. The van der Waals surface area contributed by atoms with E-state index in [1.165, 1.54) is 4.68 Å². The number of rotatable bonds is 8. The molecular formula is C11H19N3O5. The molecule has 0 aliphatic heterocycles. The summed E-state index contributed by atoms with van der Waals surface area (Å²) in [7, 11) is 1.57. The van der Waals surface area contributed by atoms with Crippen molar-refractivity contribution in [1.82, 2.24) is 15.0 Å². The predicted molar refractivity (Wildman–Crippen MR) is 65.0 cm³/mol. The van der Waals surface area contributed by atoms with Crippen molar-refractivity contribution in [2.75, 3.05) is 20.3 Å². The van der Waals surface area contributed by atoms with Crippen LogP contribution >= 0.6 is 0 Å². The minimum absolute atomic E-state index is 0.110. The summed E-state index contributed by atoms with van der Waals surface area (Å²) in [4.78, 5) is 10.8. The van der Waals surface area contributed by atoms with Gasteiger partial charge in [-0.15, -0.1) is 5.10 Å². The van der Waals surface area contributed by atoms with E-state index in [4.69, 9.17) is 14.6 Å². The van der Waals surface area contributed by atoms with Crippen molar-refractivity contribution in [3.8, 4) is 0 Å². The van der Waals surface area contributed by atoms with Crippen molar-refractivity contribution < 1.29 is 24.5 Å². The van der Waals surface area contributed by atoms with E-state index in [1.54, 1.807) is 14.0 Å². The second-order valence-corrected chi connectivity index (χ2v) is 4.26. The molecule has 0 fully saturated rings. The molecule has 0 saturated carbocycles. The van der Waals surface area contributed by atoms with E-state index in [1.807, 2.05) is 6.92 Å². The molecule has 2 atom stereocenters. The summed E-state index contributed by atoms with van der Waals surface area (Å²) in [5.74, 6) is -1.14. The van der Waals surface area contributed by atoms with Gasteiger partial charge in [-0.1, -0.05) is 5.21 Å². The van der Waals surface area contributed by atoms with Gasteiger partial charge in [-0.3, -0.25) is 0 Å². The molecule has 0 aliphatic carbocycles. The average molecular weight is 273 g/mol. The molecule has 1 aromatic rings. The molecule has 0 bridgehead atoms. The molecule has 0 radical (unpaired) electrons. The Bertz CT molecular complexity index is 420. The summed E-state index contributed by atoms with van der Waals surface area (Å²) in [6.45, 7) is 4.11. The number of carbonyl (C=O) groups is 1. The number of nitrogens with zero attached hydrogens (tertiary/aromatic N) is 3. The lowest BCUT2D eigenvalue weighted by molar-refractivity contribution is -0.0366. The van der Waals surface area contributed by atoms with Crippen molar-refractivity contribution in [1.29, 1.82) is 0 Å². The number of aromatic nitrogens is 3. The molecule has 8 nitrogen and oxygen atoms in total. The van der Waals surface area contributed by atoms with Crippen LogP contribution in [-0.4, -0.2) is 63.7 Å². The van der Waals surface area contributed by atoms with Gasteiger partial charge < -0.3 is 19.7 Å². The number of aliphatic hydroxyl groups excluding tert-OH is 1. The Morgan fingerprint density at radius 2 is 2.16 bits per heavy atom. The normalized spacial score (nSPS) is 14.3. The Kier molecular flexibility index (Phi) is 5.87. The van der Waals surface area contributed by atoms with Crippen LogP contribution in [0, 0.1) is 6.92 Å². The Balaban J connectivity index is 2.48. The van der Waals surface area contributed by atoms with E-state index >= 15 is 0 Å². The zero-order chi connectivity index (χ0) is 14.4. The van der Waals surface area contributed by atoms with Crippen LogP contribution in [0.1, 0.15) is 23.1 Å². The van der Waals surface area contributed by atoms with Crippen molar-refractivity contribution in [2.24, 2.45) is 0 Å². The first-order valence-corrected chi connectivity index (χ1v) is 5.87. The zero-order valence-corrected chi connectivity index (χ0v) is 11.2. The van der Waals surface area contributed by atoms with Crippen LogP contribution in [0.4, 0.5) is 0 Å². The molecule has 2 unspecified atom stereocenters. The second kappa shape index (κ2) is 7.17. The van der Waals surface area contributed by atoms with Gasteiger partial charge in [-0.2, -0.15) is 0 Å². The minimum Gasteiger partial charge on any atom is -0.476 e. The smallest absolute Gasteiger partial charge is 0.358 e. The van der Waals surface area contributed by atoms with E-state index in [9.17, 15) is 9.90 Å². The number of carboxylic acids is 1. The highest BCUT2D eigenvalue weighted by Crippen LogP contribution is 2.05. The van der Waals surface area contributed by atoms with Crippen LogP contribution in [0.2, 0.25) is 0 Å². The number of aliphatic hydroxyl groups is 1. The molecule has 1 rings (SSSR count). The molecule has 0 spiro atoms. The third-order valence-electron chi connectivity index (χ3n) is 2.54. The summed E-state index contributed by atoms with van der Waals surface area (Å²) in [5.41, 5.74) is 0.289. The van der Waals surface area contributed by atoms with E-state index in [0.717, 1.165) is 0 Å². The van der Waals surface area contributed by atoms with E-state index in [-0.39, 0.29) is 24.9 Å². The van der Waals surface area contributed by atoms with E-state index in [2.05, 4.69) is 10.3 Å². The van der Waals surface area contributed by atoms with Gasteiger partial charge in [0.05, 0.1) is 37.7 Å². The van der Waals surface area contributed by atoms with Gasteiger partial charge in [0.1, 0.15) is 0 Å². The topological polar surface area (TPSA) is 107 Å². The molecule has 0 aliphatic rings. The lowest BCUT2D eigenvalue weighted by atomic mass is 10.3. The second-order valence-electron chi connectivity index (χ2n) is 4.26. The van der Waals surface area contributed by atoms with Gasteiger partial charge in [0.15, 0.2) is 5.69 Å². The van der Waals surface area contributed by atoms with E-state index in [0.29, 0.717) is 12.3 Å². The fraction of sp³-hybridized carbons (Fsp3) is 0.727. The number of methoxy groups -OCH3 is 1. The van der Waals surface area contributed by atoms with Crippen molar-refractivity contribution in [3.63, 3.8) is 0 Å². The van der Waals surface area contributed by atoms with Crippen LogP contribution in [-0.2, 0) is 16.0 Å². The third-order valence-corrected chi connectivity index (χ3v) is 2.54. The average Bonchev–Trinajstić information content (AvgIpc) is 2.69. The summed E-state index contributed by atoms with van der Waals surface area (Å²) < 4.78 is 11.6. The van der Waals surface area contributed by atoms with Gasteiger partial charge in [-0.05, 0) is 13.8 Å². The lowest BCUT2D eigenvalue weighted by Crippen LogP contribution is -2.27. The highest BCUT2D eigenvalue weighted by atomic mass is 16.5. The molecule has 108 valence electrons. The van der Waals surface area contributed by atoms with Crippen molar-refractivity contribution >= 4 is 5.97 Å². The molecule has 0 saturated heterocycles. The summed E-state index contributed by atoms with van der Waals surface area (Å²) in [6.07, 6.45) is -0.910. The van der Waals surface area contributed by atoms with Crippen LogP contribution in [0.5, 0.6) is 0 Å². The first-order valence-electron chi connectivity index (χ1n) is 5.87. The number of hydrogen-bond acceptors (Lipinski definition) is 6. The third kappa shape index (κ3) is 4.58. The maximum absolute atomic E-state index is 10.8. The van der Waals surface area contributed by atoms with Crippen LogP contribution in [0.15, 0.2) is 0 Å². The predicted octanol–water partition coefficient (Wildman–Crippen LogP) is -0.303. The number of carboxylic acid groups (broad SMARTS) is 1. The summed E-state index contributed by atoms with van der Waals surface area (Å²) in [6, 6.07) is 0. The quantitative estimate of drug-likeness (QED) is 0.669. The molecule has 1 aromatic heterocycles. The van der Waals surface area contributed by atoms with Crippen LogP contribution in [0.3, 0.4) is 0 Å². The van der Waals surface area contributed by atoms with Gasteiger partial charge >= 0.3 is 5.97 Å².